The van der Waals surface area contributed by atoms with Crippen molar-refractivity contribution in [1.29, 1.82) is 0 Å². The maximum absolute atomic E-state index is 6.00. The molecule has 3 rings (SSSR count). The van der Waals surface area contributed by atoms with E-state index in [2.05, 4.69) is 49.4 Å². The van der Waals surface area contributed by atoms with Gasteiger partial charge in [-0.25, -0.2) is 9.97 Å². The summed E-state index contributed by atoms with van der Waals surface area (Å²) in [6, 6.07) is 12.2. The molecular weight excluding hydrogens is 312 g/mol. The second-order valence-corrected chi connectivity index (χ2v) is 6.39. The Morgan fingerprint density at radius 1 is 1.20 bits per heavy atom. The third kappa shape index (κ3) is 5.45. The summed E-state index contributed by atoms with van der Waals surface area (Å²) in [5.41, 5.74) is 7.30. The molecule has 1 aromatic carbocycles. The summed E-state index contributed by atoms with van der Waals surface area (Å²) in [5.74, 6) is 1.83. The van der Waals surface area contributed by atoms with Crippen molar-refractivity contribution in [2.24, 2.45) is 16.6 Å². The van der Waals surface area contributed by atoms with Crippen LogP contribution in [-0.2, 0) is 6.42 Å². The molecule has 1 aliphatic rings. The minimum absolute atomic E-state index is 0.493. The van der Waals surface area contributed by atoms with Gasteiger partial charge in [-0.2, -0.15) is 0 Å². The zero-order chi connectivity index (χ0) is 17.3. The first-order chi connectivity index (χ1) is 12.3. The number of hydrogen-bond acceptors (Lipinski definition) is 4. The van der Waals surface area contributed by atoms with Crippen molar-refractivity contribution in [2.45, 2.75) is 19.3 Å². The Morgan fingerprint density at radius 3 is 2.80 bits per heavy atom. The minimum atomic E-state index is 0.493. The molecule has 1 saturated heterocycles. The maximum atomic E-state index is 6.00. The van der Waals surface area contributed by atoms with Crippen molar-refractivity contribution in [3.05, 3.63) is 54.4 Å². The fraction of sp³-hybridized carbons (Fsp3) is 0.421. The summed E-state index contributed by atoms with van der Waals surface area (Å²) in [6.07, 6.45) is 6.83. The number of nitrogens with two attached hydrogens (primary N) is 1. The molecule has 0 spiro atoms. The molecule has 2 heterocycles. The molecule has 1 unspecified atom stereocenters. The van der Waals surface area contributed by atoms with E-state index in [9.17, 15) is 0 Å². The van der Waals surface area contributed by atoms with Crippen LogP contribution in [0, 0.1) is 5.92 Å². The SMILES string of the molecule is NC(=NCC1CCCN(c2ncccn2)C1)NCCc1ccccc1. The smallest absolute Gasteiger partial charge is 0.225 e. The van der Waals surface area contributed by atoms with E-state index in [0.717, 1.165) is 45.0 Å². The topological polar surface area (TPSA) is 79.4 Å². The van der Waals surface area contributed by atoms with Gasteiger partial charge < -0.3 is 16.0 Å². The molecule has 0 aliphatic carbocycles. The van der Waals surface area contributed by atoms with Crippen LogP contribution in [0.2, 0.25) is 0 Å². The summed E-state index contributed by atoms with van der Waals surface area (Å²) < 4.78 is 0. The molecule has 6 heteroatoms. The zero-order valence-corrected chi connectivity index (χ0v) is 14.5. The highest BCUT2D eigenvalue weighted by Gasteiger charge is 2.21. The fourth-order valence-electron chi connectivity index (χ4n) is 3.11. The van der Waals surface area contributed by atoms with Crippen LogP contribution >= 0.6 is 0 Å². The van der Waals surface area contributed by atoms with E-state index in [1.165, 1.54) is 12.0 Å². The first-order valence-electron chi connectivity index (χ1n) is 8.91. The standard InChI is InChI=1S/C19H26N6/c20-18(21-12-9-16-6-2-1-3-7-16)24-14-17-8-4-13-25(15-17)19-22-10-5-11-23-19/h1-3,5-7,10-11,17H,4,8-9,12-15H2,(H3,20,21,24). The second kappa shape index (κ2) is 9.01. The van der Waals surface area contributed by atoms with Crippen LogP contribution in [0.5, 0.6) is 0 Å². The average Bonchev–Trinajstić information content (AvgIpc) is 2.68. The van der Waals surface area contributed by atoms with E-state index >= 15 is 0 Å². The number of aliphatic imine (C=N–C) groups is 1. The summed E-state index contributed by atoms with van der Waals surface area (Å²) in [4.78, 5) is 15.4. The Kier molecular flexibility index (Phi) is 6.20. The van der Waals surface area contributed by atoms with Gasteiger partial charge in [-0.1, -0.05) is 30.3 Å². The molecule has 0 saturated carbocycles. The van der Waals surface area contributed by atoms with Gasteiger partial charge in [0.05, 0.1) is 0 Å². The van der Waals surface area contributed by atoms with Gasteiger partial charge >= 0.3 is 0 Å². The molecule has 3 N–H and O–H groups in total. The number of nitrogens with one attached hydrogen (secondary N) is 1. The minimum Gasteiger partial charge on any atom is -0.370 e. The van der Waals surface area contributed by atoms with Crippen molar-refractivity contribution in [1.82, 2.24) is 15.3 Å². The lowest BCUT2D eigenvalue weighted by molar-refractivity contribution is 0.420. The molecule has 2 aromatic rings. The van der Waals surface area contributed by atoms with Gasteiger partial charge in [0.15, 0.2) is 5.96 Å². The molecule has 132 valence electrons. The fourth-order valence-corrected chi connectivity index (χ4v) is 3.11. The van der Waals surface area contributed by atoms with Gasteiger partial charge in [-0.05, 0) is 36.8 Å². The van der Waals surface area contributed by atoms with Crippen molar-refractivity contribution < 1.29 is 0 Å². The van der Waals surface area contributed by atoms with Crippen molar-refractivity contribution in [3.8, 4) is 0 Å². The largest absolute Gasteiger partial charge is 0.370 e. The summed E-state index contributed by atoms with van der Waals surface area (Å²) in [5, 5.41) is 3.20. The molecule has 1 aliphatic heterocycles. The first kappa shape index (κ1) is 17.2. The number of nitrogens with zero attached hydrogens (tertiary/aromatic N) is 4. The number of rotatable bonds is 6. The van der Waals surface area contributed by atoms with E-state index in [1.807, 2.05) is 12.1 Å². The van der Waals surface area contributed by atoms with E-state index in [-0.39, 0.29) is 0 Å². The quantitative estimate of drug-likeness (QED) is 0.621. The Bertz CT molecular complexity index is 658. The second-order valence-electron chi connectivity index (χ2n) is 6.39. The lowest BCUT2D eigenvalue weighted by Gasteiger charge is -2.31. The highest BCUT2D eigenvalue weighted by molar-refractivity contribution is 5.77. The average molecular weight is 338 g/mol. The van der Waals surface area contributed by atoms with Gasteiger partial charge in [0.1, 0.15) is 0 Å². The first-order valence-corrected chi connectivity index (χ1v) is 8.91. The van der Waals surface area contributed by atoms with Crippen LogP contribution in [0.15, 0.2) is 53.8 Å². The molecule has 1 aromatic heterocycles. The predicted molar refractivity (Wildman–Crippen MR) is 102 cm³/mol. The number of guanidine groups is 1. The summed E-state index contributed by atoms with van der Waals surface area (Å²) in [7, 11) is 0. The Labute approximate surface area is 149 Å². The van der Waals surface area contributed by atoms with Crippen LogP contribution in [0.1, 0.15) is 18.4 Å². The Hall–Kier alpha value is -2.63. The summed E-state index contributed by atoms with van der Waals surface area (Å²) >= 11 is 0. The van der Waals surface area contributed by atoms with Crippen LogP contribution in [0.4, 0.5) is 5.95 Å². The third-order valence-corrected chi connectivity index (χ3v) is 4.44. The van der Waals surface area contributed by atoms with Crippen LogP contribution in [0.3, 0.4) is 0 Å². The highest BCUT2D eigenvalue weighted by atomic mass is 15.3. The maximum Gasteiger partial charge on any atom is 0.225 e. The predicted octanol–water partition coefficient (Wildman–Crippen LogP) is 1.84. The molecule has 0 radical (unpaired) electrons. The molecular formula is C19H26N6. The van der Waals surface area contributed by atoms with Crippen molar-refractivity contribution in [3.63, 3.8) is 0 Å². The molecule has 0 bridgehead atoms. The highest BCUT2D eigenvalue weighted by Crippen LogP contribution is 2.20. The lowest BCUT2D eigenvalue weighted by atomic mass is 9.98. The molecule has 25 heavy (non-hydrogen) atoms. The number of anilines is 1. The van der Waals surface area contributed by atoms with E-state index in [4.69, 9.17) is 5.73 Å². The summed E-state index contributed by atoms with van der Waals surface area (Å²) in [6.45, 7) is 3.49. The monoisotopic (exact) mass is 338 g/mol. The normalized spacial score (nSPS) is 18.2. The molecule has 6 nitrogen and oxygen atoms in total. The molecule has 1 fully saturated rings. The number of piperidine rings is 1. The van der Waals surface area contributed by atoms with E-state index < -0.39 is 0 Å². The number of aromatic nitrogens is 2. The van der Waals surface area contributed by atoms with E-state index in [1.54, 1.807) is 12.4 Å². The van der Waals surface area contributed by atoms with Gasteiger partial charge in [0.2, 0.25) is 5.95 Å². The molecule has 0 amide bonds. The van der Waals surface area contributed by atoms with E-state index in [0.29, 0.717) is 11.9 Å². The number of benzene rings is 1. The van der Waals surface area contributed by atoms with Gasteiger partial charge in [0, 0.05) is 38.6 Å². The Morgan fingerprint density at radius 2 is 2.00 bits per heavy atom. The van der Waals surface area contributed by atoms with Crippen LogP contribution < -0.4 is 16.0 Å². The number of hydrogen-bond donors (Lipinski definition) is 2. The van der Waals surface area contributed by atoms with Gasteiger partial charge in [0.25, 0.3) is 0 Å². The lowest BCUT2D eigenvalue weighted by Crippen LogP contribution is -2.39. The van der Waals surface area contributed by atoms with Gasteiger partial charge in [-0.3, -0.25) is 4.99 Å². The van der Waals surface area contributed by atoms with Crippen molar-refractivity contribution in [2.75, 3.05) is 31.1 Å². The zero-order valence-electron chi connectivity index (χ0n) is 14.5. The Balaban J connectivity index is 1.43. The third-order valence-electron chi connectivity index (χ3n) is 4.44. The van der Waals surface area contributed by atoms with Crippen LogP contribution in [-0.4, -0.2) is 42.1 Å². The molecule has 1 atom stereocenters. The van der Waals surface area contributed by atoms with Gasteiger partial charge in [-0.15, -0.1) is 0 Å². The van der Waals surface area contributed by atoms with Crippen LogP contribution in [0.25, 0.3) is 0 Å². The van der Waals surface area contributed by atoms with Crippen molar-refractivity contribution >= 4 is 11.9 Å².